The van der Waals surface area contributed by atoms with E-state index in [-0.39, 0.29) is 0 Å². The molecule has 0 aliphatic heterocycles. The fourth-order valence-corrected chi connectivity index (χ4v) is 4.68. The Morgan fingerprint density at radius 3 is 2.70 bits per heavy atom. The molecule has 0 fully saturated rings. The fourth-order valence-electron chi connectivity index (χ4n) is 2.32. The Hall–Kier alpha value is -1.83. The van der Waals surface area contributed by atoms with E-state index in [0.29, 0.717) is 0 Å². The van der Waals surface area contributed by atoms with Crippen LogP contribution >= 0.6 is 34.4 Å². The number of fused-ring (bicyclic) bond motifs is 2. The summed E-state index contributed by atoms with van der Waals surface area (Å²) >= 11 is 4.98. The zero-order valence-corrected chi connectivity index (χ0v) is 14.9. The van der Waals surface area contributed by atoms with Crippen LogP contribution in [0.15, 0.2) is 41.3 Å². The molecular weight excluding hydrogens is 346 g/mol. The number of aromatic nitrogens is 2. The number of thiazole rings is 2. The van der Waals surface area contributed by atoms with Crippen LogP contribution in [0, 0.1) is 0 Å². The first-order valence-corrected chi connectivity index (χ1v) is 9.78. The molecule has 4 nitrogen and oxygen atoms in total. The van der Waals surface area contributed by atoms with Crippen LogP contribution in [-0.2, 0) is 0 Å². The van der Waals surface area contributed by atoms with Crippen LogP contribution in [0.25, 0.3) is 20.4 Å². The molecule has 0 bridgehead atoms. The molecule has 0 saturated heterocycles. The lowest BCUT2D eigenvalue weighted by Gasteiger charge is -1.98. The van der Waals surface area contributed by atoms with E-state index in [0.717, 1.165) is 31.7 Å². The smallest absolute Gasteiger partial charge is 0.190 e. The maximum atomic E-state index is 5.37. The minimum absolute atomic E-state index is 0.792. The lowest BCUT2D eigenvalue weighted by molar-refractivity contribution is 0.419. The van der Waals surface area contributed by atoms with Gasteiger partial charge in [-0.2, -0.15) is 0 Å². The molecule has 0 aliphatic carbocycles. The van der Waals surface area contributed by atoms with Crippen LogP contribution in [0.2, 0.25) is 0 Å². The van der Waals surface area contributed by atoms with Crippen LogP contribution in [0.4, 0.5) is 10.3 Å². The highest BCUT2D eigenvalue weighted by Gasteiger charge is 2.11. The van der Waals surface area contributed by atoms with Gasteiger partial charge < -0.3 is 10.1 Å². The van der Waals surface area contributed by atoms with Gasteiger partial charge in [0.25, 0.3) is 0 Å². The van der Waals surface area contributed by atoms with Gasteiger partial charge in [-0.25, -0.2) is 9.97 Å². The third-order valence-corrected chi connectivity index (χ3v) is 6.01. The normalized spacial score (nSPS) is 11.2. The van der Waals surface area contributed by atoms with Gasteiger partial charge in [-0.05, 0) is 36.6 Å². The van der Waals surface area contributed by atoms with Gasteiger partial charge in [0.05, 0.1) is 22.0 Å². The van der Waals surface area contributed by atoms with Crippen molar-refractivity contribution in [2.45, 2.75) is 4.90 Å². The molecule has 0 amide bonds. The highest BCUT2D eigenvalue weighted by atomic mass is 32.2. The predicted molar refractivity (Wildman–Crippen MR) is 101 cm³/mol. The first-order chi connectivity index (χ1) is 11.3. The average molecular weight is 360 g/mol. The molecule has 4 aromatic rings. The molecule has 2 aromatic carbocycles. The third-order valence-electron chi connectivity index (χ3n) is 3.41. The van der Waals surface area contributed by atoms with Gasteiger partial charge in [0.15, 0.2) is 10.3 Å². The number of hydrogen-bond donors (Lipinski definition) is 1. The number of para-hydroxylation sites is 1. The maximum absolute atomic E-state index is 5.37. The topological polar surface area (TPSA) is 47.0 Å². The van der Waals surface area contributed by atoms with E-state index >= 15 is 0 Å². The van der Waals surface area contributed by atoms with E-state index in [1.165, 1.54) is 9.60 Å². The Kier molecular flexibility index (Phi) is 3.84. The number of ether oxygens (including phenoxy) is 1. The minimum Gasteiger partial charge on any atom is -0.494 e. The molecule has 0 atom stereocenters. The summed E-state index contributed by atoms with van der Waals surface area (Å²) in [6.45, 7) is 0. The SMILES string of the molecule is COc1cccc2sc(Nc3nc4ccc(SC)cc4s3)nc12. The number of nitrogens with one attached hydrogen (secondary N) is 1. The van der Waals surface area contributed by atoms with Crippen LogP contribution in [0.5, 0.6) is 5.75 Å². The van der Waals surface area contributed by atoms with Gasteiger partial charge in [-0.15, -0.1) is 11.8 Å². The van der Waals surface area contributed by atoms with Crippen LogP contribution in [-0.4, -0.2) is 23.3 Å². The molecule has 7 heteroatoms. The molecule has 0 unspecified atom stereocenters. The van der Waals surface area contributed by atoms with E-state index in [1.807, 2.05) is 18.2 Å². The highest BCUT2D eigenvalue weighted by molar-refractivity contribution is 7.98. The average Bonchev–Trinajstić information content (AvgIpc) is 3.16. The van der Waals surface area contributed by atoms with Crippen molar-refractivity contribution in [2.24, 2.45) is 0 Å². The quantitative estimate of drug-likeness (QED) is 0.496. The number of anilines is 2. The number of thioether (sulfide) groups is 1. The summed E-state index contributed by atoms with van der Waals surface area (Å²) < 4.78 is 7.64. The van der Waals surface area contributed by atoms with E-state index < -0.39 is 0 Å². The summed E-state index contributed by atoms with van der Waals surface area (Å²) in [5.41, 5.74) is 1.89. The monoisotopic (exact) mass is 359 g/mol. The van der Waals surface area contributed by atoms with E-state index in [1.54, 1.807) is 41.5 Å². The van der Waals surface area contributed by atoms with Gasteiger partial charge in [0.2, 0.25) is 0 Å². The van der Waals surface area contributed by atoms with Crippen LogP contribution in [0.3, 0.4) is 0 Å². The van der Waals surface area contributed by atoms with Gasteiger partial charge in [0.1, 0.15) is 11.3 Å². The van der Waals surface area contributed by atoms with Crippen molar-refractivity contribution < 1.29 is 4.74 Å². The third kappa shape index (κ3) is 2.75. The number of benzene rings is 2. The Morgan fingerprint density at radius 1 is 1.04 bits per heavy atom. The zero-order chi connectivity index (χ0) is 15.8. The maximum Gasteiger partial charge on any atom is 0.190 e. The molecule has 2 heterocycles. The van der Waals surface area contributed by atoms with E-state index in [2.05, 4.69) is 39.7 Å². The van der Waals surface area contributed by atoms with Crippen LogP contribution < -0.4 is 10.1 Å². The Morgan fingerprint density at radius 2 is 1.87 bits per heavy atom. The molecule has 23 heavy (non-hydrogen) atoms. The molecule has 1 N–H and O–H groups in total. The number of rotatable bonds is 4. The summed E-state index contributed by atoms with van der Waals surface area (Å²) in [6.07, 6.45) is 2.08. The first kappa shape index (κ1) is 14.7. The second kappa shape index (κ2) is 5.99. The predicted octanol–water partition coefficient (Wildman–Crippen LogP) is 5.38. The number of nitrogens with zero attached hydrogens (tertiary/aromatic N) is 2. The zero-order valence-electron chi connectivity index (χ0n) is 12.5. The fraction of sp³-hybridized carbons (Fsp3) is 0.125. The van der Waals surface area contributed by atoms with Crippen molar-refractivity contribution in [3.05, 3.63) is 36.4 Å². The van der Waals surface area contributed by atoms with Crippen molar-refractivity contribution >= 4 is 65.1 Å². The van der Waals surface area contributed by atoms with Gasteiger partial charge in [0, 0.05) is 4.90 Å². The standard InChI is InChI=1S/C16H13N3OS3/c1-20-11-4-3-5-12-14(11)18-16(22-12)19-15-17-10-7-6-9(21-2)8-13(10)23-15/h3-8H,1-2H3,(H,17,18,19). The summed E-state index contributed by atoms with van der Waals surface area (Å²) in [4.78, 5) is 10.5. The van der Waals surface area contributed by atoms with Crippen LogP contribution in [0.1, 0.15) is 0 Å². The Bertz CT molecular complexity index is 993. The molecule has 0 saturated carbocycles. The molecular formula is C16H13N3OS3. The minimum atomic E-state index is 0.792. The van der Waals surface area contributed by atoms with E-state index in [4.69, 9.17) is 4.74 Å². The lowest BCUT2D eigenvalue weighted by atomic mass is 10.3. The summed E-state index contributed by atoms with van der Waals surface area (Å²) in [5, 5.41) is 5.01. The first-order valence-electron chi connectivity index (χ1n) is 6.92. The second-order valence-corrected chi connectivity index (χ2v) is 7.74. The highest BCUT2D eigenvalue weighted by Crippen LogP contribution is 2.36. The van der Waals surface area contributed by atoms with Crippen molar-refractivity contribution in [3.63, 3.8) is 0 Å². The van der Waals surface area contributed by atoms with E-state index in [9.17, 15) is 0 Å². The Balaban J connectivity index is 1.70. The number of methoxy groups -OCH3 is 1. The molecule has 0 spiro atoms. The van der Waals surface area contributed by atoms with Gasteiger partial charge in [-0.1, -0.05) is 28.7 Å². The second-order valence-electron chi connectivity index (χ2n) is 4.80. The molecule has 0 radical (unpaired) electrons. The van der Waals surface area contributed by atoms with Crippen molar-refractivity contribution in [2.75, 3.05) is 18.7 Å². The van der Waals surface area contributed by atoms with Crippen molar-refractivity contribution in [3.8, 4) is 5.75 Å². The summed E-state index contributed by atoms with van der Waals surface area (Å²) in [7, 11) is 1.66. The van der Waals surface area contributed by atoms with Crippen molar-refractivity contribution in [1.29, 1.82) is 0 Å². The van der Waals surface area contributed by atoms with Gasteiger partial charge in [-0.3, -0.25) is 0 Å². The lowest BCUT2D eigenvalue weighted by Crippen LogP contribution is -1.88. The molecule has 0 aliphatic rings. The summed E-state index contributed by atoms with van der Waals surface area (Å²) in [6, 6.07) is 12.3. The largest absolute Gasteiger partial charge is 0.494 e. The summed E-state index contributed by atoms with van der Waals surface area (Å²) in [5.74, 6) is 0.792. The van der Waals surface area contributed by atoms with Gasteiger partial charge >= 0.3 is 0 Å². The van der Waals surface area contributed by atoms with Crippen molar-refractivity contribution in [1.82, 2.24) is 9.97 Å². The molecule has 4 rings (SSSR count). The number of hydrogen-bond acceptors (Lipinski definition) is 7. The molecule has 116 valence electrons. The Labute approximate surface area is 145 Å². The molecule has 2 aromatic heterocycles.